The molecule has 0 spiro atoms. The van der Waals surface area contributed by atoms with E-state index in [0.717, 1.165) is 10.5 Å². The lowest BCUT2D eigenvalue weighted by Gasteiger charge is -2.26. The van der Waals surface area contributed by atoms with Crippen molar-refractivity contribution in [1.82, 2.24) is 14.5 Å². The average molecular weight is 433 g/mol. The first kappa shape index (κ1) is 21.1. The van der Waals surface area contributed by atoms with Gasteiger partial charge < -0.3 is 10.6 Å². The van der Waals surface area contributed by atoms with Crippen LogP contribution in [0, 0.1) is 0 Å². The lowest BCUT2D eigenvalue weighted by molar-refractivity contribution is 0.0658. The van der Waals surface area contributed by atoms with E-state index in [2.05, 4.69) is 4.98 Å². The number of aromatic nitrogens is 2. The summed E-state index contributed by atoms with van der Waals surface area (Å²) in [7, 11) is 0. The van der Waals surface area contributed by atoms with E-state index >= 15 is 0 Å². The number of hydrogen-bond donors (Lipinski definition) is 2. The number of hydrogen-bond acceptors (Lipinski definition) is 6. The third-order valence-corrected chi connectivity index (χ3v) is 5.57. The van der Waals surface area contributed by atoms with Gasteiger partial charge in [0.1, 0.15) is 11.5 Å². The molecular weight excluding hydrogens is 410 g/mol. The zero-order valence-corrected chi connectivity index (χ0v) is 17.6. The SMILES string of the molecule is CCN(CCN1C(=O)c2ccccc2C1=O)c1c(N)n(Cc2ccccc2)c(=O)[nH]c1=O. The van der Waals surface area contributed by atoms with Gasteiger partial charge in [-0.15, -0.1) is 0 Å². The number of carbonyl (C=O) groups excluding carboxylic acids is 2. The van der Waals surface area contributed by atoms with Gasteiger partial charge in [-0.2, -0.15) is 0 Å². The molecule has 0 saturated carbocycles. The summed E-state index contributed by atoms with van der Waals surface area (Å²) in [6.45, 7) is 2.69. The van der Waals surface area contributed by atoms with Crippen molar-refractivity contribution in [3.8, 4) is 0 Å². The Balaban J connectivity index is 1.60. The van der Waals surface area contributed by atoms with Gasteiger partial charge in [0.25, 0.3) is 17.4 Å². The number of H-pyrrole nitrogens is 1. The maximum Gasteiger partial charge on any atom is 0.330 e. The van der Waals surface area contributed by atoms with E-state index in [0.29, 0.717) is 17.7 Å². The highest BCUT2D eigenvalue weighted by molar-refractivity contribution is 6.21. The van der Waals surface area contributed by atoms with E-state index in [1.54, 1.807) is 29.2 Å². The standard InChI is InChI=1S/C23H23N5O4/c1-2-26(12-13-27-21(30)16-10-6-7-11-17(16)22(27)31)18-19(24)28(23(32)25-20(18)29)14-15-8-4-3-5-9-15/h3-11H,2,12-14,24H2,1H3,(H,25,29,32). The van der Waals surface area contributed by atoms with Gasteiger partial charge in [0.15, 0.2) is 0 Å². The van der Waals surface area contributed by atoms with Crippen LogP contribution in [0.25, 0.3) is 0 Å². The fourth-order valence-corrected chi connectivity index (χ4v) is 3.90. The minimum atomic E-state index is -0.610. The molecule has 0 radical (unpaired) electrons. The van der Waals surface area contributed by atoms with Crippen molar-refractivity contribution in [2.45, 2.75) is 13.5 Å². The van der Waals surface area contributed by atoms with E-state index < -0.39 is 11.2 Å². The third kappa shape index (κ3) is 3.68. The molecule has 164 valence electrons. The summed E-state index contributed by atoms with van der Waals surface area (Å²) in [5, 5.41) is 0. The highest BCUT2D eigenvalue weighted by Gasteiger charge is 2.35. The Bertz CT molecular complexity index is 1260. The maximum atomic E-state index is 12.6. The van der Waals surface area contributed by atoms with Gasteiger partial charge in [0.05, 0.1) is 17.7 Å². The number of amides is 2. The zero-order valence-electron chi connectivity index (χ0n) is 17.6. The van der Waals surface area contributed by atoms with Crippen LogP contribution in [0.2, 0.25) is 0 Å². The smallest absolute Gasteiger partial charge is 0.330 e. The fourth-order valence-electron chi connectivity index (χ4n) is 3.90. The molecule has 3 aromatic rings. The first-order valence-corrected chi connectivity index (χ1v) is 10.3. The van der Waals surface area contributed by atoms with Gasteiger partial charge in [0, 0.05) is 19.6 Å². The largest absolute Gasteiger partial charge is 0.383 e. The highest BCUT2D eigenvalue weighted by Crippen LogP contribution is 2.23. The summed E-state index contributed by atoms with van der Waals surface area (Å²) in [6, 6.07) is 15.9. The average Bonchev–Trinajstić information content (AvgIpc) is 3.04. The molecule has 0 bridgehead atoms. The number of nitrogen functional groups attached to an aromatic ring is 1. The second-order valence-electron chi connectivity index (χ2n) is 7.45. The summed E-state index contributed by atoms with van der Waals surface area (Å²) < 4.78 is 1.30. The Hall–Kier alpha value is -4.14. The van der Waals surface area contributed by atoms with Crippen molar-refractivity contribution in [3.63, 3.8) is 0 Å². The number of likely N-dealkylation sites (N-methyl/N-ethyl adjacent to an activating group) is 1. The molecule has 0 saturated heterocycles. The lowest BCUT2D eigenvalue weighted by Crippen LogP contribution is -2.42. The number of nitrogens with two attached hydrogens (primary N) is 1. The first-order chi connectivity index (χ1) is 15.4. The summed E-state index contributed by atoms with van der Waals surface area (Å²) in [6.07, 6.45) is 0. The number of anilines is 2. The predicted molar refractivity (Wildman–Crippen MR) is 121 cm³/mol. The molecule has 9 heteroatoms. The van der Waals surface area contributed by atoms with E-state index in [-0.39, 0.29) is 43.0 Å². The number of fused-ring (bicyclic) bond motifs is 1. The van der Waals surface area contributed by atoms with Gasteiger partial charge >= 0.3 is 5.69 Å². The fraction of sp³-hybridized carbons (Fsp3) is 0.217. The van der Waals surface area contributed by atoms with Crippen LogP contribution in [-0.2, 0) is 6.54 Å². The molecule has 0 unspecified atom stereocenters. The third-order valence-electron chi connectivity index (χ3n) is 5.57. The molecular formula is C23H23N5O4. The highest BCUT2D eigenvalue weighted by atomic mass is 16.2. The number of carbonyl (C=O) groups is 2. The summed E-state index contributed by atoms with van der Waals surface area (Å²) >= 11 is 0. The van der Waals surface area contributed by atoms with Crippen LogP contribution in [0.1, 0.15) is 33.2 Å². The van der Waals surface area contributed by atoms with Crippen LogP contribution in [0.15, 0.2) is 64.2 Å². The van der Waals surface area contributed by atoms with Gasteiger partial charge in [-0.3, -0.25) is 28.8 Å². The number of nitrogens with one attached hydrogen (secondary N) is 1. The molecule has 0 fully saturated rings. The molecule has 0 aliphatic carbocycles. The Morgan fingerprint density at radius 1 is 0.906 bits per heavy atom. The predicted octanol–water partition coefficient (Wildman–Crippen LogP) is 1.29. The van der Waals surface area contributed by atoms with Crippen LogP contribution < -0.4 is 21.9 Å². The van der Waals surface area contributed by atoms with Gasteiger partial charge in [-0.1, -0.05) is 42.5 Å². The normalized spacial score (nSPS) is 12.8. The van der Waals surface area contributed by atoms with E-state index in [1.807, 2.05) is 37.3 Å². The molecule has 1 aromatic heterocycles. The molecule has 2 heterocycles. The Kier molecular flexibility index (Phi) is 5.63. The van der Waals surface area contributed by atoms with Crippen LogP contribution in [0.3, 0.4) is 0 Å². The summed E-state index contributed by atoms with van der Waals surface area (Å²) in [4.78, 5) is 55.5. The first-order valence-electron chi connectivity index (χ1n) is 10.3. The number of benzene rings is 2. The maximum absolute atomic E-state index is 12.6. The van der Waals surface area contributed by atoms with Gasteiger partial charge in [0.2, 0.25) is 0 Å². The Labute approximate surface area is 183 Å². The monoisotopic (exact) mass is 433 g/mol. The second-order valence-corrected chi connectivity index (χ2v) is 7.45. The van der Waals surface area contributed by atoms with Crippen molar-refractivity contribution in [3.05, 3.63) is 92.1 Å². The number of imide groups is 1. The number of aromatic amines is 1. The molecule has 4 rings (SSSR count). The van der Waals surface area contributed by atoms with Crippen LogP contribution in [0.5, 0.6) is 0 Å². The molecule has 3 N–H and O–H groups in total. The number of rotatable bonds is 7. The minimum Gasteiger partial charge on any atom is -0.383 e. The molecule has 2 aromatic carbocycles. The summed E-state index contributed by atoms with van der Waals surface area (Å²) in [5.41, 5.74) is 6.79. The van der Waals surface area contributed by atoms with E-state index in [1.165, 1.54) is 4.57 Å². The van der Waals surface area contributed by atoms with Crippen molar-refractivity contribution >= 4 is 23.3 Å². The molecule has 9 nitrogen and oxygen atoms in total. The van der Waals surface area contributed by atoms with Crippen molar-refractivity contribution < 1.29 is 9.59 Å². The topological polar surface area (TPSA) is 121 Å². The number of nitrogens with zero attached hydrogens (tertiary/aromatic N) is 3. The quantitative estimate of drug-likeness (QED) is 0.542. The van der Waals surface area contributed by atoms with Gasteiger partial charge in [-0.05, 0) is 24.6 Å². The van der Waals surface area contributed by atoms with Gasteiger partial charge in [-0.25, -0.2) is 4.79 Å². The summed E-state index contributed by atoms with van der Waals surface area (Å²) in [5.74, 6) is -0.693. The zero-order chi connectivity index (χ0) is 22.8. The molecule has 2 amide bonds. The molecule has 32 heavy (non-hydrogen) atoms. The van der Waals surface area contributed by atoms with Crippen LogP contribution >= 0.6 is 0 Å². The van der Waals surface area contributed by atoms with Crippen molar-refractivity contribution in [2.24, 2.45) is 0 Å². The van der Waals surface area contributed by atoms with Crippen LogP contribution in [0.4, 0.5) is 11.5 Å². The molecule has 0 atom stereocenters. The molecule has 1 aliphatic rings. The minimum absolute atomic E-state index is 0.0341. The Morgan fingerprint density at radius 3 is 2.09 bits per heavy atom. The Morgan fingerprint density at radius 2 is 1.50 bits per heavy atom. The van der Waals surface area contributed by atoms with E-state index in [4.69, 9.17) is 5.73 Å². The van der Waals surface area contributed by atoms with Crippen molar-refractivity contribution in [2.75, 3.05) is 30.3 Å². The van der Waals surface area contributed by atoms with Crippen molar-refractivity contribution in [1.29, 1.82) is 0 Å². The van der Waals surface area contributed by atoms with E-state index in [9.17, 15) is 19.2 Å². The molecule has 1 aliphatic heterocycles. The second kappa shape index (κ2) is 8.54. The lowest BCUT2D eigenvalue weighted by atomic mass is 10.1. The van der Waals surface area contributed by atoms with Crippen LogP contribution in [-0.4, -0.2) is 45.9 Å².